The summed E-state index contributed by atoms with van der Waals surface area (Å²) < 4.78 is 5.77. The van der Waals surface area contributed by atoms with Crippen LogP contribution in [0.15, 0.2) is 24.4 Å². The van der Waals surface area contributed by atoms with E-state index in [1.54, 1.807) is 6.20 Å². The first-order valence-electron chi connectivity index (χ1n) is 7.38. The third kappa shape index (κ3) is 2.48. The zero-order valence-corrected chi connectivity index (χ0v) is 12.9. The summed E-state index contributed by atoms with van der Waals surface area (Å²) >= 11 is 0. The van der Waals surface area contributed by atoms with Crippen LogP contribution in [0.3, 0.4) is 0 Å². The molecule has 0 radical (unpaired) electrons. The van der Waals surface area contributed by atoms with Crippen LogP contribution in [0.4, 0.5) is 0 Å². The van der Waals surface area contributed by atoms with Crippen molar-refractivity contribution in [3.05, 3.63) is 30.1 Å². The molecule has 3 atom stereocenters. The van der Waals surface area contributed by atoms with Gasteiger partial charge < -0.3 is 15.2 Å². The number of pyridine rings is 1. The van der Waals surface area contributed by atoms with Crippen LogP contribution in [0.1, 0.15) is 45.9 Å². The van der Waals surface area contributed by atoms with E-state index in [1.807, 2.05) is 25.1 Å². The Kier molecular flexibility index (Phi) is 4.47. The molecule has 0 aliphatic heterocycles. The van der Waals surface area contributed by atoms with Crippen molar-refractivity contribution in [2.75, 3.05) is 13.2 Å². The SMILES string of the molecule is CCO[C@@H]1C[C@](CO)(N[C@H](C)c2ccccn2)C1(C)C. The standard InChI is InChI=1S/C16H26N2O2/c1-5-20-14-10-16(11-19,15(14,3)4)18-12(2)13-8-6-7-9-17-13/h6-9,12,14,18-19H,5,10-11H2,1-4H3/t12-,14-,16-/m1/s1. The minimum atomic E-state index is -0.302. The van der Waals surface area contributed by atoms with E-state index < -0.39 is 0 Å². The van der Waals surface area contributed by atoms with E-state index >= 15 is 0 Å². The summed E-state index contributed by atoms with van der Waals surface area (Å²) in [4.78, 5) is 4.38. The van der Waals surface area contributed by atoms with E-state index in [0.29, 0.717) is 6.61 Å². The van der Waals surface area contributed by atoms with Gasteiger partial charge in [0.1, 0.15) is 0 Å². The van der Waals surface area contributed by atoms with E-state index in [1.165, 1.54) is 0 Å². The van der Waals surface area contributed by atoms with Gasteiger partial charge in [-0.2, -0.15) is 0 Å². The molecule has 4 nitrogen and oxygen atoms in total. The molecule has 20 heavy (non-hydrogen) atoms. The maximum absolute atomic E-state index is 9.92. The second-order valence-electron chi connectivity index (χ2n) is 6.23. The molecule has 1 saturated carbocycles. The molecule has 2 N–H and O–H groups in total. The zero-order valence-electron chi connectivity index (χ0n) is 12.9. The molecule has 0 bridgehead atoms. The summed E-state index contributed by atoms with van der Waals surface area (Å²) in [5.74, 6) is 0. The van der Waals surface area contributed by atoms with E-state index in [0.717, 1.165) is 12.1 Å². The molecule has 0 aromatic carbocycles. The normalized spacial score (nSPS) is 29.8. The highest BCUT2D eigenvalue weighted by atomic mass is 16.5. The predicted octanol–water partition coefficient (Wildman–Crippen LogP) is 2.30. The molecule has 0 amide bonds. The van der Waals surface area contributed by atoms with Crippen molar-refractivity contribution >= 4 is 0 Å². The number of hydrogen-bond donors (Lipinski definition) is 2. The Bertz CT molecular complexity index is 435. The summed E-state index contributed by atoms with van der Waals surface area (Å²) in [7, 11) is 0. The summed E-state index contributed by atoms with van der Waals surface area (Å²) in [6, 6.07) is 6.01. The average molecular weight is 278 g/mol. The number of nitrogens with zero attached hydrogens (tertiary/aromatic N) is 1. The van der Waals surface area contributed by atoms with Gasteiger partial charge in [-0.1, -0.05) is 19.9 Å². The molecule has 1 fully saturated rings. The largest absolute Gasteiger partial charge is 0.394 e. The van der Waals surface area contributed by atoms with Crippen LogP contribution in [-0.2, 0) is 4.74 Å². The van der Waals surface area contributed by atoms with Crippen LogP contribution in [0.25, 0.3) is 0 Å². The molecule has 4 heteroatoms. The number of aliphatic hydroxyl groups excluding tert-OH is 1. The third-order valence-corrected chi connectivity index (χ3v) is 4.83. The number of nitrogens with one attached hydrogen (secondary N) is 1. The number of aliphatic hydroxyl groups is 1. The minimum absolute atomic E-state index is 0.0964. The average Bonchev–Trinajstić information content (AvgIpc) is 2.46. The van der Waals surface area contributed by atoms with Crippen LogP contribution < -0.4 is 5.32 Å². The van der Waals surface area contributed by atoms with Gasteiger partial charge in [0.05, 0.1) is 23.9 Å². The molecule has 1 aromatic heterocycles. The van der Waals surface area contributed by atoms with Crippen molar-refractivity contribution in [1.82, 2.24) is 10.3 Å². The maximum atomic E-state index is 9.92. The van der Waals surface area contributed by atoms with E-state index in [-0.39, 0.29) is 29.7 Å². The molecule has 0 spiro atoms. The highest BCUT2D eigenvalue weighted by Crippen LogP contribution is 2.51. The van der Waals surface area contributed by atoms with Gasteiger partial charge in [0.25, 0.3) is 0 Å². The lowest BCUT2D eigenvalue weighted by Gasteiger charge is -2.61. The second-order valence-corrected chi connectivity index (χ2v) is 6.23. The van der Waals surface area contributed by atoms with Crippen LogP contribution in [0.5, 0.6) is 0 Å². The van der Waals surface area contributed by atoms with Gasteiger partial charge in [-0.05, 0) is 32.4 Å². The first kappa shape index (κ1) is 15.4. The van der Waals surface area contributed by atoms with Crippen molar-refractivity contribution in [3.63, 3.8) is 0 Å². The molecule has 112 valence electrons. The molecule has 1 aliphatic carbocycles. The van der Waals surface area contributed by atoms with Gasteiger partial charge in [0.15, 0.2) is 0 Å². The lowest BCUT2D eigenvalue weighted by atomic mass is 9.54. The van der Waals surface area contributed by atoms with Crippen molar-refractivity contribution in [2.24, 2.45) is 5.41 Å². The number of ether oxygens (including phenoxy) is 1. The van der Waals surface area contributed by atoms with Crippen LogP contribution in [0, 0.1) is 5.41 Å². The minimum Gasteiger partial charge on any atom is -0.394 e. The van der Waals surface area contributed by atoms with E-state index in [9.17, 15) is 5.11 Å². The predicted molar refractivity (Wildman–Crippen MR) is 79.4 cm³/mol. The van der Waals surface area contributed by atoms with Crippen molar-refractivity contribution in [1.29, 1.82) is 0 Å². The first-order valence-corrected chi connectivity index (χ1v) is 7.38. The summed E-state index contributed by atoms with van der Waals surface area (Å²) in [6.07, 6.45) is 2.83. The summed E-state index contributed by atoms with van der Waals surface area (Å²) in [5, 5.41) is 13.5. The van der Waals surface area contributed by atoms with Gasteiger partial charge >= 0.3 is 0 Å². The third-order valence-electron chi connectivity index (χ3n) is 4.83. The molecular formula is C16H26N2O2. The van der Waals surface area contributed by atoms with Gasteiger partial charge in [-0.15, -0.1) is 0 Å². The fraction of sp³-hybridized carbons (Fsp3) is 0.688. The molecule has 0 saturated heterocycles. The fourth-order valence-corrected chi connectivity index (χ4v) is 3.16. The van der Waals surface area contributed by atoms with Gasteiger partial charge in [0.2, 0.25) is 0 Å². The lowest BCUT2D eigenvalue weighted by molar-refractivity contribution is -0.180. The highest BCUT2D eigenvalue weighted by molar-refractivity contribution is 5.18. The topological polar surface area (TPSA) is 54.4 Å². The maximum Gasteiger partial charge on any atom is 0.0663 e. The van der Waals surface area contributed by atoms with Crippen LogP contribution in [0.2, 0.25) is 0 Å². The Morgan fingerprint density at radius 2 is 2.25 bits per heavy atom. The van der Waals surface area contributed by atoms with Crippen LogP contribution in [-0.4, -0.2) is 34.9 Å². The Morgan fingerprint density at radius 3 is 2.75 bits per heavy atom. The van der Waals surface area contributed by atoms with E-state index in [2.05, 4.69) is 31.1 Å². The zero-order chi connectivity index (χ0) is 14.8. The Hall–Kier alpha value is -0.970. The summed E-state index contributed by atoms with van der Waals surface area (Å²) in [6.45, 7) is 9.24. The quantitative estimate of drug-likeness (QED) is 0.838. The molecule has 1 aliphatic rings. The number of hydrogen-bond acceptors (Lipinski definition) is 4. The summed E-state index contributed by atoms with van der Waals surface area (Å²) in [5.41, 5.74) is 0.598. The van der Waals surface area contributed by atoms with Crippen molar-refractivity contribution < 1.29 is 9.84 Å². The Labute approximate surface area is 121 Å². The van der Waals surface area contributed by atoms with Crippen LogP contribution >= 0.6 is 0 Å². The molecule has 1 aromatic rings. The smallest absolute Gasteiger partial charge is 0.0663 e. The number of rotatable bonds is 6. The van der Waals surface area contributed by atoms with Gasteiger partial charge in [-0.25, -0.2) is 0 Å². The van der Waals surface area contributed by atoms with Crippen molar-refractivity contribution in [2.45, 2.75) is 51.8 Å². The second kappa shape index (κ2) is 5.80. The molecule has 0 unspecified atom stereocenters. The molecule has 2 rings (SSSR count). The van der Waals surface area contributed by atoms with Gasteiger partial charge in [0, 0.05) is 24.3 Å². The fourth-order valence-electron chi connectivity index (χ4n) is 3.16. The molecule has 1 heterocycles. The first-order chi connectivity index (χ1) is 9.47. The highest BCUT2D eigenvalue weighted by Gasteiger charge is 2.60. The Morgan fingerprint density at radius 1 is 1.50 bits per heavy atom. The van der Waals surface area contributed by atoms with Crippen molar-refractivity contribution in [3.8, 4) is 0 Å². The lowest BCUT2D eigenvalue weighted by Crippen LogP contribution is -2.73. The number of aromatic nitrogens is 1. The Balaban J connectivity index is 2.10. The monoisotopic (exact) mass is 278 g/mol. The van der Waals surface area contributed by atoms with Gasteiger partial charge in [-0.3, -0.25) is 4.98 Å². The van der Waals surface area contributed by atoms with E-state index in [4.69, 9.17) is 4.74 Å². The molecular weight excluding hydrogens is 252 g/mol.